The van der Waals surface area contributed by atoms with E-state index in [1.165, 1.54) is 169 Å². The van der Waals surface area contributed by atoms with Gasteiger partial charge in [0.25, 0.3) is 0 Å². The number of fused-ring (bicyclic) bond motifs is 10. The summed E-state index contributed by atoms with van der Waals surface area (Å²) in [5, 5.41) is 4.87. The quantitative estimate of drug-likeness (QED) is 0.152. The van der Waals surface area contributed by atoms with Gasteiger partial charge in [0.1, 0.15) is 0 Å². The molecular weight excluding hydrogens is 1010 g/mol. The molecular formula is C80H71NO2. The minimum Gasteiger partial charge on any atom is -0.308 e. The van der Waals surface area contributed by atoms with Crippen LogP contribution >= 0.6 is 0 Å². The second kappa shape index (κ2) is 19.3. The molecule has 0 atom stereocenters. The smallest absolute Gasteiger partial charge is 0.169 e. The van der Waals surface area contributed by atoms with Gasteiger partial charge in [0, 0.05) is 43.5 Å². The molecule has 9 aromatic carbocycles. The first-order valence-corrected chi connectivity index (χ1v) is 31.9. The van der Waals surface area contributed by atoms with Crippen LogP contribution in [0, 0.1) is 22.7 Å². The minimum absolute atomic E-state index is 0.307. The van der Waals surface area contributed by atoms with Crippen LogP contribution in [-0.4, -0.2) is 16.0 Å². The SMILES string of the molecule is O=C1c2cc3c(cc2C2CCC1(C1CCCCC1)CC2)c1c(-c2c(-c4ccccc4)cccc2-c2ccccc2)cc(-c2c(-c4ccccc4)cccc2-c2ccccc2)c2c4cc5c(cc4n3c12)C(=O)C1(C2CCCCC2)CCC5CC1. The van der Waals surface area contributed by atoms with E-state index in [0.717, 1.165) is 73.5 Å². The Labute approximate surface area is 488 Å². The molecule has 2 heterocycles. The van der Waals surface area contributed by atoms with Crippen molar-refractivity contribution in [1.29, 1.82) is 0 Å². The van der Waals surface area contributed by atoms with E-state index in [1.807, 2.05) is 0 Å². The molecule has 2 aromatic heterocycles. The Morgan fingerprint density at radius 2 is 0.663 bits per heavy atom. The van der Waals surface area contributed by atoms with E-state index in [9.17, 15) is 0 Å². The lowest BCUT2D eigenvalue weighted by Crippen LogP contribution is -2.40. The molecule has 11 aromatic rings. The molecule has 0 unspecified atom stereocenters. The van der Waals surface area contributed by atoms with Gasteiger partial charge in [-0.15, -0.1) is 0 Å². The third-order valence-corrected chi connectivity index (χ3v) is 22.7. The van der Waals surface area contributed by atoms with E-state index in [-0.39, 0.29) is 10.8 Å². The Morgan fingerprint density at radius 3 is 1.00 bits per heavy atom. The molecule has 8 aliphatic rings. The second-order valence-electron chi connectivity index (χ2n) is 26.4. The van der Waals surface area contributed by atoms with E-state index >= 15 is 9.59 Å². The highest BCUT2D eigenvalue weighted by molar-refractivity contribution is 6.33. The monoisotopic (exact) mass is 1080 g/mol. The van der Waals surface area contributed by atoms with Crippen LogP contribution in [0.3, 0.4) is 0 Å². The highest BCUT2D eigenvalue weighted by atomic mass is 16.1. The summed E-state index contributed by atoms with van der Waals surface area (Å²) in [6.07, 6.45) is 20.4. The summed E-state index contributed by atoms with van der Waals surface area (Å²) in [7, 11) is 0. The summed E-state index contributed by atoms with van der Waals surface area (Å²) in [5.74, 6) is 2.36. The van der Waals surface area contributed by atoms with Crippen LogP contribution in [0.2, 0.25) is 0 Å². The van der Waals surface area contributed by atoms with Gasteiger partial charge in [0.05, 0.1) is 16.6 Å². The average Bonchev–Trinajstić information content (AvgIpc) is 1.57. The zero-order valence-corrected chi connectivity index (χ0v) is 47.7. The maximum atomic E-state index is 16.2. The van der Waals surface area contributed by atoms with E-state index in [1.54, 1.807) is 0 Å². The largest absolute Gasteiger partial charge is 0.308 e. The number of rotatable bonds is 8. The number of nitrogens with zero attached hydrogens (tertiary/aromatic N) is 1. The molecule has 3 heteroatoms. The van der Waals surface area contributed by atoms with Crippen molar-refractivity contribution >= 4 is 49.7 Å². The van der Waals surface area contributed by atoms with E-state index in [4.69, 9.17) is 0 Å². The van der Waals surface area contributed by atoms with Crippen molar-refractivity contribution in [3.8, 4) is 66.8 Å². The number of carbonyl (C=O) groups is 2. The first-order valence-electron chi connectivity index (χ1n) is 31.9. The van der Waals surface area contributed by atoms with Crippen LogP contribution in [-0.2, 0) is 0 Å². The van der Waals surface area contributed by atoms with Crippen molar-refractivity contribution in [1.82, 2.24) is 4.40 Å². The standard InChI is InChI=1S/C80H71NO2/c82-77-64-48-70-66(45-62(64)54-37-41-79(77,42-38-54)56-29-15-5-16-30-56)74-68(72-58(50-21-7-1-8-22-50)33-19-34-59(72)51-23-9-2-10-24-51)47-69(73-60(52-25-11-3-12-26-52)35-20-36-61(73)53-27-13-4-14-28-53)75-67-46-63-55-39-43-80(44-40-55,57-31-17-6-18-32-57)78(83)65(63)49-71(67)81(70)76(74)75/h1-4,7-14,19-28,33-36,45-49,54-57H,5-6,15-18,29-32,37-44H2. The van der Waals surface area contributed by atoms with Gasteiger partial charge < -0.3 is 4.40 Å². The lowest BCUT2D eigenvalue weighted by atomic mass is 9.59. The van der Waals surface area contributed by atoms with Crippen molar-refractivity contribution in [2.45, 2.75) is 127 Å². The zero-order valence-electron chi connectivity index (χ0n) is 47.7. The fourth-order valence-corrected chi connectivity index (χ4v) is 18.7. The van der Waals surface area contributed by atoms with Gasteiger partial charge in [-0.05, 0) is 209 Å². The predicted molar refractivity (Wildman–Crippen MR) is 343 cm³/mol. The van der Waals surface area contributed by atoms with Crippen molar-refractivity contribution in [3.05, 3.63) is 210 Å². The third-order valence-electron chi connectivity index (χ3n) is 22.7. The van der Waals surface area contributed by atoms with Crippen molar-refractivity contribution in [3.63, 3.8) is 0 Å². The fraction of sp³-hybridized carbons (Fsp3) is 0.300. The number of aromatic nitrogens is 1. The fourth-order valence-electron chi connectivity index (χ4n) is 18.7. The number of ketones is 2. The third kappa shape index (κ3) is 7.41. The van der Waals surface area contributed by atoms with Crippen LogP contribution in [0.1, 0.15) is 159 Å². The van der Waals surface area contributed by atoms with Gasteiger partial charge >= 0.3 is 0 Å². The molecule has 0 saturated heterocycles. The highest BCUT2D eigenvalue weighted by Gasteiger charge is 2.53. The van der Waals surface area contributed by atoms with Crippen LogP contribution < -0.4 is 0 Å². The molecule has 8 aliphatic carbocycles. The van der Waals surface area contributed by atoms with Crippen LogP contribution in [0.25, 0.3) is 105 Å². The second-order valence-corrected chi connectivity index (χ2v) is 26.4. The summed E-state index contributed by atoms with van der Waals surface area (Å²) >= 11 is 0. The Kier molecular flexibility index (Phi) is 11.6. The van der Waals surface area contributed by atoms with Gasteiger partial charge in [0.15, 0.2) is 11.6 Å². The van der Waals surface area contributed by atoms with Crippen molar-refractivity contribution in [2.24, 2.45) is 22.7 Å². The van der Waals surface area contributed by atoms with Crippen LogP contribution in [0.4, 0.5) is 0 Å². The Balaban J connectivity index is 1.07. The van der Waals surface area contributed by atoms with Crippen LogP contribution in [0.5, 0.6) is 0 Å². The van der Waals surface area contributed by atoms with Gasteiger partial charge in [-0.1, -0.05) is 196 Å². The minimum atomic E-state index is -0.307. The number of hydrogen-bond acceptors (Lipinski definition) is 2. The van der Waals surface area contributed by atoms with E-state index in [2.05, 4.69) is 192 Å². The summed E-state index contributed by atoms with van der Waals surface area (Å²) in [6, 6.07) is 70.5. The normalized spacial score (nSPS) is 22.8. The van der Waals surface area contributed by atoms with E-state index < -0.39 is 0 Å². The molecule has 0 aliphatic heterocycles. The molecule has 19 rings (SSSR count). The Hall–Kier alpha value is -7.88. The average molecular weight is 1080 g/mol. The Bertz CT molecular complexity index is 3980. The summed E-state index contributed by atoms with van der Waals surface area (Å²) in [5.41, 5.74) is 21.4. The highest BCUT2D eigenvalue weighted by Crippen LogP contribution is 2.61. The topological polar surface area (TPSA) is 38.5 Å². The van der Waals surface area contributed by atoms with Gasteiger partial charge in [-0.3, -0.25) is 9.59 Å². The van der Waals surface area contributed by atoms with Gasteiger partial charge in [0.2, 0.25) is 0 Å². The molecule has 4 saturated carbocycles. The van der Waals surface area contributed by atoms with Crippen LogP contribution in [0.15, 0.2) is 188 Å². The number of hydrogen-bond donors (Lipinski definition) is 0. The summed E-state index contributed by atoms with van der Waals surface area (Å²) in [6.45, 7) is 0. The lowest BCUT2D eigenvalue weighted by molar-refractivity contribution is 0.0443. The molecule has 408 valence electrons. The lowest BCUT2D eigenvalue weighted by Gasteiger charge is -2.43. The zero-order chi connectivity index (χ0) is 55.0. The molecule has 0 spiro atoms. The first kappa shape index (κ1) is 49.7. The van der Waals surface area contributed by atoms with Gasteiger partial charge in [-0.25, -0.2) is 0 Å². The Morgan fingerprint density at radius 1 is 0.325 bits per heavy atom. The molecule has 0 radical (unpaired) electrons. The van der Waals surface area contributed by atoms with Gasteiger partial charge in [-0.2, -0.15) is 0 Å². The molecule has 0 N–H and O–H groups in total. The van der Waals surface area contributed by atoms with E-state index in [0.29, 0.717) is 35.2 Å². The molecule has 3 nitrogen and oxygen atoms in total. The summed E-state index contributed by atoms with van der Waals surface area (Å²) in [4.78, 5) is 32.4. The predicted octanol–water partition coefficient (Wildman–Crippen LogP) is 21.7. The number of Topliss-reactive ketones (excluding diaryl/α,β-unsaturated/α-hetero) is 2. The summed E-state index contributed by atoms with van der Waals surface area (Å²) < 4.78 is 2.60. The van der Waals surface area contributed by atoms with Crippen molar-refractivity contribution in [2.75, 3.05) is 0 Å². The molecule has 4 fully saturated rings. The molecule has 0 amide bonds. The number of benzene rings is 9. The van der Waals surface area contributed by atoms with Crippen molar-refractivity contribution < 1.29 is 9.59 Å². The number of carbonyl (C=O) groups excluding carboxylic acids is 2. The maximum Gasteiger partial charge on any atom is 0.169 e. The molecule has 4 bridgehead atoms. The maximum absolute atomic E-state index is 16.2. The first-order chi connectivity index (χ1) is 41.0. The molecule has 83 heavy (non-hydrogen) atoms.